The van der Waals surface area contributed by atoms with Gasteiger partial charge in [-0.25, -0.2) is 9.80 Å². The first kappa shape index (κ1) is 17.8. The number of methoxy groups -OCH3 is 1. The van der Waals surface area contributed by atoms with Gasteiger partial charge in [0, 0.05) is 12.8 Å². The smallest absolute Gasteiger partial charge is 0.332 e. The zero-order chi connectivity index (χ0) is 16.5. The molecule has 6 nitrogen and oxygen atoms in total. The molecule has 1 aliphatic rings. The average Bonchev–Trinajstić information content (AvgIpc) is 2.72. The van der Waals surface area contributed by atoms with E-state index in [-0.39, 0.29) is 17.4 Å². The summed E-state index contributed by atoms with van der Waals surface area (Å²) in [6, 6.07) is 0. The van der Waals surface area contributed by atoms with Crippen LogP contribution in [0.3, 0.4) is 0 Å². The van der Waals surface area contributed by atoms with Gasteiger partial charge in [-0.15, -0.1) is 6.58 Å². The van der Waals surface area contributed by atoms with E-state index in [1.807, 2.05) is 6.08 Å². The van der Waals surface area contributed by atoms with Gasteiger partial charge in [-0.05, 0) is 24.7 Å². The fourth-order valence-corrected chi connectivity index (χ4v) is 1.96. The van der Waals surface area contributed by atoms with Crippen molar-refractivity contribution in [3.63, 3.8) is 0 Å². The van der Waals surface area contributed by atoms with Gasteiger partial charge in [-0.1, -0.05) is 25.5 Å². The Morgan fingerprint density at radius 2 is 2.23 bits per heavy atom. The summed E-state index contributed by atoms with van der Waals surface area (Å²) < 4.78 is 4.55. The highest BCUT2D eigenvalue weighted by Gasteiger charge is 2.38. The number of allylic oxidation sites excluding steroid dienone is 2. The Morgan fingerprint density at radius 3 is 2.82 bits per heavy atom. The quantitative estimate of drug-likeness (QED) is 0.236. The number of unbranched alkanes of at least 4 members (excludes halogenated alkanes) is 1. The van der Waals surface area contributed by atoms with Crippen LogP contribution in [0.2, 0.25) is 0 Å². The molecule has 0 radical (unpaired) electrons. The maximum absolute atomic E-state index is 12.3. The molecule has 0 aliphatic carbocycles. The van der Waals surface area contributed by atoms with Crippen LogP contribution in [-0.2, 0) is 14.3 Å². The van der Waals surface area contributed by atoms with Crippen LogP contribution in [-0.4, -0.2) is 46.8 Å². The largest absolute Gasteiger partial charge is 0.466 e. The number of thiocarbonyl (C=S) groups is 1. The molecule has 0 aromatic heterocycles. The fourth-order valence-electron chi connectivity index (χ4n) is 1.66. The lowest BCUT2D eigenvalue weighted by atomic mass is 10.3. The number of carbonyl (C=O) groups is 2. The van der Waals surface area contributed by atoms with Gasteiger partial charge in [0.25, 0.3) is 5.91 Å². The van der Waals surface area contributed by atoms with Crippen LogP contribution in [0.15, 0.2) is 41.7 Å². The zero-order valence-corrected chi connectivity index (χ0v) is 13.5. The lowest BCUT2D eigenvalue weighted by Crippen LogP contribution is -2.31. The van der Waals surface area contributed by atoms with E-state index < -0.39 is 11.9 Å². The van der Waals surface area contributed by atoms with Crippen molar-refractivity contribution in [2.24, 2.45) is 5.10 Å². The van der Waals surface area contributed by atoms with Crippen LogP contribution in [0, 0.1) is 0 Å². The van der Waals surface area contributed by atoms with Crippen molar-refractivity contribution in [2.75, 3.05) is 13.7 Å². The first-order chi connectivity index (χ1) is 10.6. The molecular weight excluding hydrogens is 302 g/mol. The fraction of sp³-hybridized carbons (Fsp3) is 0.333. The monoisotopic (exact) mass is 321 g/mol. The summed E-state index contributed by atoms with van der Waals surface area (Å²) in [7, 11) is 1.24. The molecule has 1 heterocycles. The number of nitrogens with zero attached hydrogens (tertiary/aromatic N) is 3. The van der Waals surface area contributed by atoms with Gasteiger partial charge in [0.15, 0.2) is 0 Å². The van der Waals surface area contributed by atoms with Crippen molar-refractivity contribution in [1.29, 1.82) is 0 Å². The van der Waals surface area contributed by atoms with Crippen LogP contribution < -0.4 is 0 Å². The van der Waals surface area contributed by atoms with Crippen molar-refractivity contribution in [3.05, 3.63) is 36.6 Å². The minimum atomic E-state index is -0.645. The van der Waals surface area contributed by atoms with E-state index >= 15 is 0 Å². The third kappa shape index (κ3) is 4.36. The molecule has 118 valence electrons. The number of esters is 1. The molecule has 1 amide bonds. The number of hydrogen-bond donors (Lipinski definition) is 0. The topological polar surface area (TPSA) is 62.2 Å². The highest BCUT2D eigenvalue weighted by atomic mass is 32.1. The van der Waals surface area contributed by atoms with Gasteiger partial charge in [-0.2, -0.15) is 5.10 Å². The molecule has 0 saturated carbocycles. The molecule has 0 N–H and O–H groups in total. The maximum atomic E-state index is 12.3. The Labute approximate surface area is 135 Å². The number of rotatable bonds is 7. The number of amides is 1. The number of carbonyl (C=O) groups excluding carboxylic acids is 2. The van der Waals surface area contributed by atoms with Crippen molar-refractivity contribution in [2.45, 2.75) is 19.8 Å². The van der Waals surface area contributed by atoms with E-state index in [2.05, 4.69) is 23.3 Å². The van der Waals surface area contributed by atoms with Gasteiger partial charge in [0.1, 0.15) is 5.70 Å². The second-order valence-electron chi connectivity index (χ2n) is 4.33. The Balaban J connectivity index is 3.04. The van der Waals surface area contributed by atoms with E-state index in [4.69, 9.17) is 12.2 Å². The standard InChI is InChI=1S/C15H19N3O3S/c1-4-6-7-8-9-16-18-12(11-13(19)21-3)14(20)17(10-5-2)15(18)22/h5,7-9,11H,2,4,6,10H2,1,3H3/b8-7+,12-11+,16-9+. The Hall–Kier alpha value is -2.28. The van der Waals surface area contributed by atoms with Crippen LogP contribution in [0.4, 0.5) is 0 Å². The van der Waals surface area contributed by atoms with Gasteiger partial charge in [0.05, 0.1) is 13.2 Å². The van der Waals surface area contributed by atoms with E-state index in [1.54, 1.807) is 12.2 Å². The average molecular weight is 321 g/mol. The molecule has 22 heavy (non-hydrogen) atoms. The van der Waals surface area contributed by atoms with Crippen molar-refractivity contribution in [1.82, 2.24) is 9.91 Å². The summed E-state index contributed by atoms with van der Waals surface area (Å²) in [5.74, 6) is -1.06. The SMILES string of the molecule is C=CCN1C(=O)/C(=C\C(=O)OC)N(/N=C/C=C/CCC)C1=S. The molecule has 0 aromatic rings. The molecule has 0 unspecified atom stereocenters. The molecule has 0 bridgehead atoms. The summed E-state index contributed by atoms with van der Waals surface area (Å²) >= 11 is 5.22. The minimum Gasteiger partial charge on any atom is -0.466 e. The van der Waals surface area contributed by atoms with Crippen molar-refractivity contribution >= 4 is 35.4 Å². The lowest BCUT2D eigenvalue weighted by molar-refractivity contribution is -0.135. The van der Waals surface area contributed by atoms with Gasteiger partial charge < -0.3 is 4.74 Å². The van der Waals surface area contributed by atoms with Crippen LogP contribution in [0.5, 0.6) is 0 Å². The second kappa shape index (κ2) is 8.89. The third-order valence-electron chi connectivity index (χ3n) is 2.73. The van der Waals surface area contributed by atoms with Gasteiger partial charge >= 0.3 is 5.97 Å². The van der Waals surface area contributed by atoms with Gasteiger partial charge in [0.2, 0.25) is 5.11 Å². The summed E-state index contributed by atoms with van der Waals surface area (Å²) in [5, 5.41) is 5.57. The minimum absolute atomic E-state index is 0.0545. The molecule has 0 aromatic carbocycles. The third-order valence-corrected chi connectivity index (χ3v) is 3.12. The first-order valence-corrected chi connectivity index (χ1v) is 7.23. The predicted octanol–water partition coefficient (Wildman–Crippen LogP) is 2.00. The predicted molar refractivity (Wildman–Crippen MR) is 89.0 cm³/mol. The van der Waals surface area contributed by atoms with Crippen molar-refractivity contribution < 1.29 is 14.3 Å². The first-order valence-electron chi connectivity index (χ1n) is 6.82. The van der Waals surface area contributed by atoms with Crippen molar-refractivity contribution in [3.8, 4) is 0 Å². The molecule has 7 heteroatoms. The molecular formula is C15H19N3O3S. The molecule has 1 rings (SSSR count). The highest BCUT2D eigenvalue weighted by molar-refractivity contribution is 7.80. The number of hydrazone groups is 1. The Bertz CT molecular complexity index is 552. The van der Waals surface area contributed by atoms with Crippen LogP contribution in [0.1, 0.15) is 19.8 Å². The van der Waals surface area contributed by atoms with E-state index in [1.165, 1.54) is 23.2 Å². The number of ether oxygens (including phenoxy) is 1. The lowest BCUT2D eigenvalue weighted by Gasteiger charge is -2.13. The normalized spacial score (nSPS) is 17.3. The summed E-state index contributed by atoms with van der Waals surface area (Å²) in [4.78, 5) is 25.0. The summed E-state index contributed by atoms with van der Waals surface area (Å²) in [5.41, 5.74) is 0.0545. The zero-order valence-electron chi connectivity index (χ0n) is 12.7. The molecule has 0 atom stereocenters. The second-order valence-corrected chi connectivity index (χ2v) is 4.70. The van der Waals surface area contributed by atoms with Crippen LogP contribution >= 0.6 is 12.2 Å². The molecule has 0 spiro atoms. The number of hydrogen-bond acceptors (Lipinski definition) is 5. The Kier molecular flexibility index (Phi) is 7.18. The molecule has 1 fully saturated rings. The summed E-state index contributed by atoms with van der Waals surface area (Å²) in [6.45, 7) is 5.90. The maximum Gasteiger partial charge on any atom is 0.332 e. The molecule has 1 saturated heterocycles. The van der Waals surface area contributed by atoms with Gasteiger partial charge in [-0.3, -0.25) is 9.69 Å². The molecule has 1 aliphatic heterocycles. The van der Waals surface area contributed by atoms with E-state index in [0.29, 0.717) is 0 Å². The van der Waals surface area contributed by atoms with E-state index in [9.17, 15) is 9.59 Å². The van der Waals surface area contributed by atoms with E-state index in [0.717, 1.165) is 18.9 Å². The van der Waals surface area contributed by atoms with Crippen LogP contribution in [0.25, 0.3) is 0 Å². The Morgan fingerprint density at radius 1 is 1.50 bits per heavy atom. The highest BCUT2D eigenvalue weighted by Crippen LogP contribution is 2.21. The summed E-state index contributed by atoms with van der Waals surface area (Å²) in [6.07, 6.45) is 9.84.